The van der Waals surface area contributed by atoms with Crippen LogP contribution >= 0.6 is 0 Å². The summed E-state index contributed by atoms with van der Waals surface area (Å²) in [5, 5.41) is 12.7. The molecule has 2 aromatic heterocycles. The van der Waals surface area contributed by atoms with E-state index in [0.29, 0.717) is 11.3 Å². The molecule has 7 nitrogen and oxygen atoms in total. The van der Waals surface area contributed by atoms with Gasteiger partial charge in [0, 0.05) is 11.8 Å². The minimum atomic E-state index is -2.82. The third-order valence-electron chi connectivity index (χ3n) is 3.34. The number of aromatic carboxylic acids is 1. The molecular weight excluding hydrogens is 334 g/mol. The van der Waals surface area contributed by atoms with Crippen molar-refractivity contribution in [2.24, 2.45) is 0 Å². The van der Waals surface area contributed by atoms with Crippen molar-refractivity contribution in [1.82, 2.24) is 19.7 Å². The Kier molecular flexibility index (Phi) is 4.38. The summed E-state index contributed by atoms with van der Waals surface area (Å²) in [7, 11) is 1.49. The zero-order valence-electron chi connectivity index (χ0n) is 12.9. The third kappa shape index (κ3) is 3.44. The molecule has 1 N–H and O–H groups in total. The molecule has 0 fully saturated rings. The van der Waals surface area contributed by atoms with E-state index in [1.165, 1.54) is 25.4 Å². The summed E-state index contributed by atoms with van der Waals surface area (Å²) in [6.07, 6.45) is -1.52. The molecule has 3 rings (SSSR count). The third-order valence-corrected chi connectivity index (χ3v) is 3.34. The number of nitrogens with zero attached hydrogens (tertiary/aromatic N) is 4. The molecule has 0 bridgehead atoms. The van der Waals surface area contributed by atoms with Crippen molar-refractivity contribution in [2.45, 2.75) is 6.43 Å². The van der Waals surface area contributed by atoms with Crippen LogP contribution in [0.1, 0.15) is 22.6 Å². The van der Waals surface area contributed by atoms with E-state index < -0.39 is 18.1 Å². The van der Waals surface area contributed by atoms with Crippen molar-refractivity contribution in [3.63, 3.8) is 0 Å². The molecule has 3 aromatic rings. The Morgan fingerprint density at radius 1 is 1.24 bits per heavy atom. The lowest BCUT2D eigenvalue weighted by Gasteiger charge is -2.09. The molecule has 0 amide bonds. The lowest BCUT2D eigenvalue weighted by molar-refractivity contribution is 0.0690. The standard InChI is InChI=1S/C16H12F2N4O3/c1-25-10-4-2-3-9(7-10)12-8-13(14(17)18)20-16(19-12)22-6-5-11(21-22)15(23)24/h2-8,14H,1H3,(H,23,24). The molecular formula is C16H12F2N4O3. The van der Waals surface area contributed by atoms with Gasteiger partial charge in [-0.05, 0) is 24.3 Å². The van der Waals surface area contributed by atoms with E-state index in [9.17, 15) is 13.6 Å². The predicted molar refractivity (Wildman–Crippen MR) is 83.1 cm³/mol. The topological polar surface area (TPSA) is 90.1 Å². The van der Waals surface area contributed by atoms with Crippen LogP contribution in [0.3, 0.4) is 0 Å². The van der Waals surface area contributed by atoms with Crippen LogP contribution in [0.25, 0.3) is 17.2 Å². The van der Waals surface area contributed by atoms with Gasteiger partial charge in [0.1, 0.15) is 11.4 Å². The van der Waals surface area contributed by atoms with Crippen LogP contribution in [0, 0.1) is 0 Å². The minimum absolute atomic E-state index is 0.150. The van der Waals surface area contributed by atoms with E-state index in [1.807, 2.05) is 0 Å². The lowest BCUT2D eigenvalue weighted by atomic mass is 10.1. The summed E-state index contributed by atoms with van der Waals surface area (Å²) < 4.78 is 32.6. The van der Waals surface area contributed by atoms with E-state index in [-0.39, 0.29) is 17.3 Å². The minimum Gasteiger partial charge on any atom is -0.497 e. The summed E-state index contributed by atoms with van der Waals surface area (Å²) in [4.78, 5) is 18.9. The Labute approximate surface area is 140 Å². The van der Waals surface area contributed by atoms with Crippen LogP contribution in [0.15, 0.2) is 42.6 Å². The number of hydrogen-bond acceptors (Lipinski definition) is 5. The van der Waals surface area contributed by atoms with Gasteiger partial charge in [-0.25, -0.2) is 28.2 Å². The maximum atomic E-state index is 13.2. The second-order valence-corrected chi connectivity index (χ2v) is 4.96. The van der Waals surface area contributed by atoms with E-state index in [1.54, 1.807) is 24.3 Å². The SMILES string of the molecule is COc1cccc(-c2cc(C(F)F)nc(-n3ccc(C(=O)O)n3)n2)c1. The highest BCUT2D eigenvalue weighted by Gasteiger charge is 2.17. The first-order chi connectivity index (χ1) is 12.0. The van der Waals surface area contributed by atoms with Crippen molar-refractivity contribution in [2.75, 3.05) is 7.11 Å². The highest BCUT2D eigenvalue weighted by Crippen LogP contribution is 2.26. The second kappa shape index (κ2) is 6.63. The molecule has 0 aliphatic rings. The molecule has 9 heteroatoms. The van der Waals surface area contributed by atoms with Gasteiger partial charge in [-0.15, -0.1) is 0 Å². The van der Waals surface area contributed by atoms with E-state index >= 15 is 0 Å². The second-order valence-electron chi connectivity index (χ2n) is 4.96. The highest BCUT2D eigenvalue weighted by atomic mass is 19.3. The largest absolute Gasteiger partial charge is 0.497 e. The van der Waals surface area contributed by atoms with Gasteiger partial charge >= 0.3 is 5.97 Å². The first kappa shape index (κ1) is 16.5. The molecule has 0 spiro atoms. The van der Waals surface area contributed by atoms with Crippen molar-refractivity contribution in [1.29, 1.82) is 0 Å². The number of hydrogen-bond donors (Lipinski definition) is 1. The first-order valence-electron chi connectivity index (χ1n) is 7.09. The average molecular weight is 346 g/mol. The maximum absolute atomic E-state index is 13.2. The van der Waals surface area contributed by atoms with Crippen LogP contribution in [-0.4, -0.2) is 37.9 Å². The van der Waals surface area contributed by atoms with Crippen molar-refractivity contribution in [3.05, 3.63) is 54.0 Å². The molecule has 0 aliphatic heterocycles. The number of benzene rings is 1. The normalized spacial score (nSPS) is 10.9. The van der Waals surface area contributed by atoms with Gasteiger partial charge in [-0.3, -0.25) is 0 Å². The van der Waals surface area contributed by atoms with Gasteiger partial charge in [-0.2, -0.15) is 5.10 Å². The molecule has 0 saturated heterocycles. The molecule has 0 saturated carbocycles. The van der Waals surface area contributed by atoms with Crippen LogP contribution in [0.2, 0.25) is 0 Å². The summed E-state index contributed by atoms with van der Waals surface area (Å²) in [5.74, 6) is -0.844. The van der Waals surface area contributed by atoms with Crippen molar-refractivity contribution >= 4 is 5.97 Å². The molecule has 0 unspecified atom stereocenters. The molecule has 1 aromatic carbocycles. The molecule has 0 atom stereocenters. The van der Waals surface area contributed by atoms with Gasteiger partial charge in [0.15, 0.2) is 5.69 Å². The number of carboxylic acid groups (broad SMARTS) is 1. The number of alkyl halides is 2. The zero-order valence-corrected chi connectivity index (χ0v) is 12.9. The van der Waals surface area contributed by atoms with Gasteiger partial charge < -0.3 is 9.84 Å². The predicted octanol–water partition coefficient (Wildman–Crippen LogP) is 2.97. The maximum Gasteiger partial charge on any atom is 0.356 e. The fourth-order valence-corrected chi connectivity index (χ4v) is 2.15. The Bertz CT molecular complexity index is 927. The molecule has 2 heterocycles. The van der Waals surface area contributed by atoms with Gasteiger partial charge in [0.25, 0.3) is 12.4 Å². The smallest absolute Gasteiger partial charge is 0.356 e. The average Bonchev–Trinajstić information content (AvgIpc) is 3.12. The number of methoxy groups -OCH3 is 1. The quantitative estimate of drug-likeness (QED) is 0.764. The van der Waals surface area contributed by atoms with Crippen LogP contribution in [0.5, 0.6) is 5.75 Å². The fourth-order valence-electron chi connectivity index (χ4n) is 2.15. The van der Waals surface area contributed by atoms with Crippen LogP contribution < -0.4 is 4.74 Å². The number of halogens is 2. The Morgan fingerprint density at radius 3 is 2.68 bits per heavy atom. The van der Waals surface area contributed by atoms with Crippen molar-refractivity contribution < 1.29 is 23.4 Å². The molecule has 25 heavy (non-hydrogen) atoms. The first-order valence-corrected chi connectivity index (χ1v) is 7.09. The van der Waals surface area contributed by atoms with Crippen molar-refractivity contribution in [3.8, 4) is 23.0 Å². The Hall–Kier alpha value is -3.36. The highest BCUT2D eigenvalue weighted by molar-refractivity contribution is 5.85. The molecule has 0 radical (unpaired) electrons. The summed E-state index contributed by atoms with van der Waals surface area (Å²) >= 11 is 0. The number of carboxylic acids is 1. The van der Waals surface area contributed by atoms with Gasteiger partial charge in [0.2, 0.25) is 0 Å². The lowest BCUT2D eigenvalue weighted by Crippen LogP contribution is -2.07. The summed E-state index contributed by atoms with van der Waals surface area (Å²) in [6.45, 7) is 0. The van der Waals surface area contributed by atoms with E-state index in [2.05, 4.69) is 15.1 Å². The zero-order chi connectivity index (χ0) is 18.0. The van der Waals surface area contributed by atoms with Gasteiger partial charge in [-0.1, -0.05) is 12.1 Å². The summed E-state index contributed by atoms with van der Waals surface area (Å²) in [6, 6.07) is 9.15. The number of rotatable bonds is 5. The summed E-state index contributed by atoms with van der Waals surface area (Å²) in [5.41, 5.74) is 0.0614. The van der Waals surface area contributed by atoms with Crippen LogP contribution in [0.4, 0.5) is 8.78 Å². The fraction of sp³-hybridized carbons (Fsp3) is 0.125. The van der Waals surface area contributed by atoms with E-state index in [4.69, 9.17) is 9.84 Å². The number of carbonyl (C=O) groups is 1. The molecule has 128 valence electrons. The van der Waals surface area contributed by atoms with Crippen LogP contribution in [-0.2, 0) is 0 Å². The Balaban J connectivity index is 2.12. The van der Waals surface area contributed by atoms with Gasteiger partial charge in [0.05, 0.1) is 12.8 Å². The Morgan fingerprint density at radius 2 is 2.04 bits per heavy atom. The number of ether oxygens (including phenoxy) is 1. The van der Waals surface area contributed by atoms with E-state index in [0.717, 1.165) is 4.68 Å². The number of aromatic nitrogens is 4. The monoisotopic (exact) mass is 346 g/mol. The molecule has 0 aliphatic carbocycles.